The molecule has 0 N–H and O–H groups in total. The van der Waals surface area contributed by atoms with Crippen molar-refractivity contribution in [1.29, 1.82) is 0 Å². The van der Waals surface area contributed by atoms with Crippen molar-refractivity contribution in [3.63, 3.8) is 0 Å². The van der Waals surface area contributed by atoms with Crippen LogP contribution >= 0.6 is 0 Å². The summed E-state index contributed by atoms with van der Waals surface area (Å²) in [6, 6.07) is 0. The normalized spacial score (nSPS) is 34.9. The SMILES string of the molecule is CC([B-]C1CCC(F)CC1)C1CCCCC1. The van der Waals surface area contributed by atoms with E-state index in [2.05, 4.69) is 14.2 Å². The molecule has 0 nitrogen and oxygen atoms in total. The molecule has 0 aromatic rings. The Balaban J connectivity index is 1.71. The molecule has 2 rings (SSSR count). The van der Waals surface area contributed by atoms with Crippen molar-refractivity contribution in [2.45, 2.75) is 82.5 Å². The third-order valence-electron chi connectivity index (χ3n) is 4.67. The molecule has 0 spiro atoms. The van der Waals surface area contributed by atoms with Gasteiger partial charge in [0.05, 0.1) is 6.17 Å². The summed E-state index contributed by atoms with van der Waals surface area (Å²) in [6.07, 6.45) is 10.4. The van der Waals surface area contributed by atoms with E-state index in [4.69, 9.17) is 0 Å². The van der Waals surface area contributed by atoms with E-state index in [0.717, 1.165) is 37.4 Å². The molecule has 1 unspecified atom stereocenters. The zero-order valence-electron chi connectivity index (χ0n) is 10.6. The van der Waals surface area contributed by atoms with Gasteiger partial charge in [0.1, 0.15) is 0 Å². The van der Waals surface area contributed by atoms with Gasteiger partial charge in [0.2, 0.25) is 0 Å². The van der Waals surface area contributed by atoms with Gasteiger partial charge in [-0.3, -0.25) is 0 Å². The van der Waals surface area contributed by atoms with Gasteiger partial charge in [-0.25, -0.2) is 16.0 Å². The molecule has 0 bridgehead atoms. The zero-order chi connectivity index (χ0) is 11.4. The number of hydrogen-bond donors (Lipinski definition) is 0. The molecule has 0 amide bonds. The molecule has 16 heavy (non-hydrogen) atoms. The predicted octanol–water partition coefficient (Wildman–Crippen LogP) is 4.78. The predicted molar refractivity (Wildman–Crippen MR) is 68.9 cm³/mol. The summed E-state index contributed by atoms with van der Waals surface area (Å²) < 4.78 is 13.0. The van der Waals surface area contributed by atoms with Crippen LogP contribution in [0.5, 0.6) is 0 Å². The summed E-state index contributed by atoms with van der Waals surface area (Å²) in [6.45, 7) is 2.39. The van der Waals surface area contributed by atoms with Gasteiger partial charge in [0.15, 0.2) is 0 Å². The largest absolute Gasteiger partial charge is 0.328 e. The first-order chi connectivity index (χ1) is 7.75. The Bertz CT molecular complexity index is 193. The van der Waals surface area contributed by atoms with E-state index in [1.165, 1.54) is 32.1 Å². The molecule has 0 aromatic heterocycles. The summed E-state index contributed by atoms with van der Waals surface area (Å²) in [5, 5.41) is 0. The minimum absolute atomic E-state index is 0.505. The molecule has 2 aliphatic rings. The topological polar surface area (TPSA) is 0 Å². The van der Waals surface area contributed by atoms with Crippen LogP contribution in [-0.2, 0) is 0 Å². The highest BCUT2D eigenvalue weighted by atomic mass is 19.1. The molecule has 1 atom stereocenters. The van der Waals surface area contributed by atoms with Gasteiger partial charge in [-0.2, -0.15) is 0 Å². The number of rotatable bonds is 3. The van der Waals surface area contributed by atoms with Crippen LogP contribution in [0.1, 0.15) is 64.7 Å². The average molecular weight is 223 g/mol. The lowest BCUT2D eigenvalue weighted by molar-refractivity contribution is 0.249. The molecule has 0 aliphatic heterocycles. The second-order valence-corrected chi connectivity index (χ2v) is 5.96. The zero-order valence-corrected chi connectivity index (χ0v) is 10.6. The fourth-order valence-corrected chi connectivity index (χ4v) is 3.52. The average Bonchev–Trinajstić information content (AvgIpc) is 2.33. The Hall–Kier alpha value is -0.00506. The van der Waals surface area contributed by atoms with Crippen LogP contribution in [0.3, 0.4) is 0 Å². The Morgan fingerprint density at radius 3 is 2.19 bits per heavy atom. The Labute approximate surface area is 101 Å². The third kappa shape index (κ3) is 3.50. The molecule has 2 radical (unpaired) electrons. The number of halogens is 1. The van der Waals surface area contributed by atoms with Crippen LogP contribution in [0.4, 0.5) is 4.39 Å². The van der Waals surface area contributed by atoms with Gasteiger partial charge < -0.3 is 7.28 Å². The number of hydrogen-bond acceptors (Lipinski definition) is 0. The molecule has 2 fully saturated rings. The van der Waals surface area contributed by atoms with Crippen molar-refractivity contribution in [3.05, 3.63) is 0 Å². The van der Waals surface area contributed by atoms with E-state index < -0.39 is 6.17 Å². The fourth-order valence-electron chi connectivity index (χ4n) is 3.52. The van der Waals surface area contributed by atoms with Gasteiger partial charge in [0.25, 0.3) is 0 Å². The minimum atomic E-state index is -0.505. The van der Waals surface area contributed by atoms with Gasteiger partial charge in [-0.05, 0) is 12.8 Å². The minimum Gasteiger partial charge on any atom is -0.328 e. The summed E-state index contributed by atoms with van der Waals surface area (Å²) >= 11 is 0. The van der Waals surface area contributed by atoms with E-state index in [1.54, 1.807) is 0 Å². The maximum absolute atomic E-state index is 13.0. The van der Waals surface area contributed by atoms with Crippen LogP contribution in [0.15, 0.2) is 0 Å². The summed E-state index contributed by atoms with van der Waals surface area (Å²) in [7, 11) is 2.56. The van der Waals surface area contributed by atoms with E-state index in [0.29, 0.717) is 5.82 Å². The second-order valence-electron chi connectivity index (χ2n) is 5.96. The first-order valence-corrected chi connectivity index (χ1v) is 7.25. The van der Waals surface area contributed by atoms with Crippen molar-refractivity contribution in [3.8, 4) is 0 Å². The smallest absolute Gasteiger partial charge is 0.0999 e. The fraction of sp³-hybridized carbons (Fsp3) is 1.00. The van der Waals surface area contributed by atoms with E-state index in [1.807, 2.05) is 0 Å². The maximum Gasteiger partial charge on any atom is 0.0999 e. The van der Waals surface area contributed by atoms with Crippen LogP contribution in [0.25, 0.3) is 0 Å². The highest BCUT2D eigenvalue weighted by molar-refractivity contribution is 6.39. The van der Waals surface area contributed by atoms with Crippen LogP contribution in [0, 0.1) is 5.92 Å². The molecule has 2 saturated carbocycles. The molecule has 0 saturated heterocycles. The lowest BCUT2D eigenvalue weighted by atomic mass is 9.48. The van der Waals surface area contributed by atoms with Crippen molar-refractivity contribution < 1.29 is 4.39 Å². The number of alkyl halides is 1. The first kappa shape index (κ1) is 12.5. The van der Waals surface area contributed by atoms with Crippen molar-refractivity contribution in [2.24, 2.45) is 5.92 Å². The molecule has 0 aromatic carbocycles. The summed E-state index contributed by atoms with van der Waals surface area (Å²) in [5.74, 6) is 2.40. The monoisotopic (exact) mass is 223 g/mol. The first-order valence-electron chi connectivity index (χ1n) is 7.25. The quantitative estimate of drug-likeness (QED) is 0.604. The Morgan fingerprint density at radius 1 is 0.938 bits per heavy atom. The van der Waals surface area contributed by atoms with E-state index in [9.17, 15) is 4.39 Å². The highest BCUT2D eigenvalue weighted by Crippen LogP contribution is 2.38. The van der Waals surface area contributed by atoms with Crippen LogP contribution in [-0.4, -0.2) is 13.5 Å². The van der Waals surface area contributed by atoms with Crippen LogP contribution in [0.2, 0.25) is 11.6 Å². The van der Waals surface area contributed by atoms with E-state index in [-0.39, 0.29) is 0 Å². The third-order valence-corrected chi connectivity index (χ3v) is 4.67. The molecule has 92 valence electrons. The Morgan fingerprint density at radius 2 is 1.56 bits per heavy atom. The Kier molecular flexibility index (Phi) is 4.72. The summed E-state index contributed by atoms with van der Waals surface area (Å²) in [4.78, 5) is 0. The maximum atomic E-state index is 13.0. The standard InChI is InChI=1S/C14H25BF/c1-11(12-5-3-2-4-6-12)15-13-7-9-14(16)10-8-13/h11-14H,2-10H2,1H3/q-1. The lowest BCUT2D eigenvalue weighted by Gasteiger charge is -2.43. The van der Waals surface area contributed by atoms with Gasteiger partial charge in [0, 0.05) is 0 Å². The second kappa shape index (κ2) is 6.07. The van der Waals surface area contributed by atoms with Gasteiger partial charge >= 0.3 is 0 Å². The molecular weight excluding hydrogens is 198 g/mol. The molecule has 0 heterocycles. The molecular formula is C14H25BF-. The highest BCUT2D eigenvalue weighted by Gasteiger charge is 2.18. The van der Waals surface area contributed by atoms with Crippen molar-refractivity contribution >= 4 is 7.28 Å². The van der Waals surface area contributed by atoms with E-state index >= 15 is 0 Å². The van der Waals surface area contributed by atoms with Crippen LogP contribution < -0.4 is 0 Å². The van der Waals surface area contributed by atoms with Crippen molar-refractivity contribution in [2.75, 3.05) is 0 Å². The summed E-state index contributed by atoms with van der Waals surface area (Å²) in [5.41, 5.74) is 0. The van der Waals surface area contributed by atoms with Gasteiger partial charge in [-0.1, -0.05) is 57.8 Å². The van der Waals surface area contributed by atoms with Crippen molar-refractivity contribution in [1.82, 2.24) is 0 Å². The molecule has 2 aliphatic carbocycles. The lowest BCUT2D eigenvalue weighted by Crippen LogP contribution is -2.22. The van der Waals surface area contributed by atoms with Gasteiger partial charge in [-0.15, -0.1) is 0 Å². The molecule has 2 heteroatoms.